The molecule has 2 saturated heterocycles. The number of halogens is 2. The molecule has 1 spiro atoms. The fourth-order valence-electron chi connectivity index (χ4n) is 5.82. The number of aromatic nitrogens is 6. The Bertz CT molecular complexity index is 1420. The van der Waals surface area contributed by atoms with E-state index in [1.54, 1.807) is 29.1 Å². The highest BCUT2D eigenvalue weighted by Gasteiger charge is 2.48. The van der Waals surface area contributed by atoms with E-state index < -0.39 is 6.55 Å². The Morgan fingerprint density at radius 3 is 2.75 bits per heavy atom. The molecule has 2 aliphatic heterocycles. The molecule has 2 atom stereocenters. The Balaban J connectivity index is 1.31. The van der Waals surface area contributed by atoms with Gasteiger partial charge in [-0.3, -0.25) is 0 Å². The van der Waals surface area contributed by atoms with Gasteiger partial charge in [-0.15, -0.1) is 0 Å². The van der Waals surface area contributed by atoms with Gasteiger partial charge >= 0.3 is 6.55 Å². The second-order valence-electron chi connectivity index (χ2n) is 9.68. The molecule has 0 amide bonds. The summed E-state index contributed by atoms with van der Waals surface area (Å²) < 4.78 is 34.3. The van der Waals surface area contributed by atoms with E-state index in [9.17, 15) is 13.9 Å². The van der Waals surface area contributed by atoms with Crippen LogP contribution < -0.4 is 4.90 Å². The van der Waals surface area contributed by atoms with E-state index >= 15 is 0 Å². The zero-order chi connectivity index (χ0) is 25.0. The van der Waals surface area contributed by atoms with Crippen molar-refractivity contribution in [1.29, 1.82) is 0 Å². The second-order valence-corrected chi connectivity index (χ2v) is 10.9. The smallest absolute Gasteiger partial charge is 0.333 e. The fraction of sp³-hybridized carbons (Fsp3) is 0.500. The van der Waals surface area contributed by atoms with E-state index in [-0.39, 0.29) is 12.0 Å². The van der Waals surface area contributed by atoms with Crippen molar-refractivity contribution in [2.24, 2.45) is 5.41 Å². The normalized spacial score (nSPS) is 22.0. The molecular formula is C24H27F2N7O2Si. The third kappa shape index (κ3) is 3.70. The van der Waals surface area contributed by atoms with Crippen LogP contribution in [0.2, 0.25) is 12.1 Å². The molecule has 3 aromatic heterocycles. The van der Waals surface area contributed by atoms with E-state index in [4.69, 9.17) is 14.7 Å². The summed E-state index contributed by atoms with van der Waals surface area (Å²) in [7, 11) is 0.854. The lowest BCUT2D eigenvalue weighted by atomic mass is 9.76. The quantitative estimate of drug-likeness (QED) is 0.409. The molecule has 1 N–H and O–H groups in total. The van der Waals surface area contributed by atoms with Crippen LogP contribution in [-0.4, -0.2) is 70.0 Å². The topological polar surface area (TPSA) is 94.1 Å². The van der Waals surface area contributed by atoms with Crippen LogP contribution in [0.5, 0.6) is 0 Å². The third-order valence-corrected chi connectivity index (χ3v) is 9.39. The van der Waals surface area contributed by atoms with E-state index in [1.807, 2.05) is 0 Å². The number of alkyl halides is 2. The predicted molar refractivity (Wildman–Crippen MR) is 132 cm³/mol. The first-order valence-electron chi connectivity index (χ1n) is 12.1. The van der Waals surface area contributed by atoms with Crippen molar-refractivity contribution >= 4 is 37.4 Å². The first-order chi connectivity index (χ1) is 17.4. The monoisotopic (exact) mass is 511 g/mol. The second kappa shape index (κ2) is 8.85. The number of piperidine rings is 1. The number of aliphatic hydroxyl groups excluding tert-OH is 1. The number of aliphatic hydroxyl groups is 1. The fourth-order valence-corrected chi connectivity index (χ4v) is 7.37. The number of fused-ring (bicyclic) bond motifs is 2. The van der Waals surface area contributed by atoms with Gasteiger partial charge in [0.05, 0.1) is 36.7 Å². The van der Waals surface area contributed by atoms with Crippen LogP contribution in [0.1, 0.15) is 32.0 Å². The minimum Gasteiger partial charge on any atom is -0.390 e. The van der Waals surface area contributed by atoms with Gasteiger partial charge < -0.3 is 14.7 Å². The SMILES string of the molecule is C[Si]C1[C@H](C)OCC12CCN(c1nc3cnn(-c4ccc5cn(C(F)F)nc5c4)c3nc1CO)CC2. The molecule has 1 aromatic carbocycles. The van der Waals surface area contributed by atoms with Crippen molar-refractivity contribution < 1.29 is 18.6 Å². The molecule has 9 nitrogen and oxygen atoms in total. The van der Waals surface area contributed by atoms with Gasteiger partial charge in [-0.1, -0.05) is 6.55 Å². The van der Waals surface area contributed by atoms with Gasteiger partial charge in [0, 0.05) is 34.2 Å². The van der Waals surface area contributed by atoms with E-state index in [0.29, 0.717) is 55.6 Å². The van der Waals surface area contributed by atoms with Gasteiger partial charge in [-0.25, -0.2) is 19.3 Å². The Hall–Kier alpha value is -2.96. The number of benzene rings is 1. The van der Waals surface area contributed by atoms with Crippen LogP contribution in [-0.2, 0) is 11.3 Å². The number of hydrogen-bond donors (Lipinski definition) is 1. The molecule has 0 saturated carbocycles. The molecule has 6 rings (SSSR count). The summed E-state index contributed by atoms with van der Waals surface area (Å²) in [5, 5.41) is 19.2. The number of rotatable bonds is 5. The average molecular weight is 512 g/mol. The van der Waals surface area contributed by atoms with Crippen molar-refractivity contribution in [3.05, 3.63) is 36.3 Å². The summed E-state index contributed by atoms with van der Waals surface area (Å²) in [5.41, 5.74) is 3.47. The van der Waals surface area contributed by atoms with Crippen molar-refractivity contribution in [3.8, 4) is 5.69 Å². The van der Waals surface area contributed by atoms with Gasteiger partial charge in [-0.05, 0) is 48.9 Å². The molecule has 36 heavy (non-hydrogen) atoms. The Morgan fingerprint density at radius 1 is 1.22 bits per heavy atom. The summed E-state index contributed by atoms with van der Waals surface area (Å²) in [6.45, 7) is 3.99. The minimum absolute atomic E-state index is 0.223. The summed E-state index contributed by atoms with van der Waals surface area (Å²) in [5.74, 6) is 0.688. The van der Waals surface area contributed by atoms with Gasteiger partial charge in [0.15, 0.2) is 11.5 Å². The van der Waals surface area contributed by atoms with Crippen molar-refractivity contribution in [2.45, 2.75) is 51.1 Å². The summed E-state index contributed by atoms with van der Waals surface area (Å²) in [6, 6.07) is 5.19. The zero-order valence-corrected chi connectivity index (χ0v) is 21.1. The Kier molecular flexibility index (Phi) is 5.76. The molecule has 12 heteroatoms. The molecule has 2 radical (unpaired) electrons. The standard InChI is InChI=1S/C24H27F2N7O2Si/c1-14-20(36-2)24(13-35-14)5-7-31(8-6-24)21-19(12-34)29-22-18(28-21)10-27-33(22)16-4-3-15-11-32(23(25)26)30-17(15)9-16/h3-4,9-11,14,20,23,34H,5-8,12-13H2,1-2H3/t14-,20?/m0/s1. The van der Waals surface area contributed by atoms with E-state index in [1.165, 1.54) is 6.20 Å². The lowest BCUT2D eigenvalue weighted by Crippen LogP contribution is -2.44. The third-order valence-electron chi connectivity index (χ3n) is 7.69. The largest absolute Gasteiger partial charge is 0.390 e. The Morgan fingerprint density at radius 2 is 2.03 bits per heavy atom. The first kappa shape index (κ1) is 23.4. The maximum atomic E-state index is 13.0. The van der Waals surface area contributed by atoms with Crippen LogP contribution in [0.15, 0.2) is 30.6 Å². The molecule has 188 valence electrons. The highest BCUT2D eigenvalue weighted by molar-refractivity contribution is 6.36. The molecule has 5 heterocycles. The van der Waals surface area contributed by atoms with Crippen LogP contribution in [0, 0.1) is 5.41 Å². The molecule has 0 aliphatic carbocycles. The zero-order valence-electron chi connectivity index (χ0n) is 20.1. The predicted octanol–water partition coefficient (Wildman–Crippen LogP) is 3.60. The summed E-state index contributed by atoms with van der Waals surface area (Å²) >= 11 is 0. The number of anilines is 1. The number of ether oxygens (including phenoxy) is 1. The van der Waals surface area contributed by atoms with Crippen LogP contribution >= 0.6 is 0 Å². The minimum atomic E-state index is -2.70. The van der Waals surface area contributed by atoms with Crippen molar-refractivity contribution in [1.82, 2.24) is 29.5 Å². The van der Waals surface area contributed by atoms with Gasteiger partial charge in [-0.2, -0.15) is 19.0 Å². The maximum Gasteiger partial charge on any atom is 0.333 e. The highest BCUT2D eigenvalue weighted by Crippen LogP contribution is 2.50. The Labute approximate surface area is 208 Å². The van der Waals surface area contributed by atoms with Crippen LogP contribution in [0.3, 0.4) is 0 Å². The van der Waals surface area contributed by atoms with Crippen LogP contribution in [0.4, 0.5) is 14.6 Å². The van der Waals surface area contributed by atoms with E-state index in [2.05, 4.69) is 28.6 Å². The molecule has 4 aromatic rings. The van der Waals surface area contributed by atoms with Crippen molar-refractivity contribution in [3.63, 3.8) is 0 Å². The number of nitrogens with zero attached hydrogens (tertiary/aromatic N) is 7. The highest BCUT2D eigenvalue weighted by atomic mass is 28.2. The van der Waals surface area contributed by atoms with Crippen molar-refractivity contribution in [2.75, 3.05) is 24.6 Å². The van der Waals surface area contributed by atoms with Gasteiger partial charge in [0.25, 0.3) is 0 Å². The first-order valence-corrected chi connectivity index (χ1v) is 13.7. The summed E-state index contributed by atoms with van der Waals surface area (Å²) in [6.07, 6.45) is 5.31. The lowest BCUT2D eigenvalue weighted by molar-refractivity contribution is 0.0574. The van der Waals surface area contributed by atoms with Gasteiger partial charge in [0.1, 0.15) is 11.2 Å². The average Bonchev–Trinajstić information content (AvgIpc) is 3.58. The molecular weight excluding hydrogens is 484 g/mol. The molecule has 2 fully saturated rings. The van der Waals surface area contributed by atoms with E-state index in [0.717, 1.165) is 42.1 Å². The molecule has 0 bridgehead atoms. The van der Waals surface area contributed by atoms with Crippen LogP contribution in [0.25, 0.3) is 27.8 Å². The number of hydrogen-bond acceptors (Lipinski definition) is 7. The summed E-state index contributed by atoms with van der Waals surface area (Å²) in [4.78, 5) is 11.8. The molecule has 1 unspecified atom stereocenters. The van der Waals surface area contributed by atoms with Gasteiger partial charge in [0.2, 0.25) is 0 Å². The molecule has 2 aliphatic rings. The maximum absolute atomic E-state index is 13.0. The lowest BCUT2D eigenvalue weighted by Gasteiger charge is -2.43.